The van der Waals surface area contributed by atoms with Crippen molar-refractivity contribution in [3.8, 4) is 5.75 Å². The number of aromatic nitrogens is 1. The predicted octanol–water partition coefficient (Wildman–Crippen LogP) is 3.36. The molecule has 144 valence electrons. The topological polar surface area (TPSA) is 45.7 Å². The quantitative estimate of drug-likeness (QED) is 0.671. The molecule has 0 aliphatic carbocycles. The summed E-state index contributed by atoms with van der Waals surface area (Å²) in [5.41, 5.74) is 1.14. The standard InChI is InChI=1S/C22H29N3O2/c1-24-15-11-20(12-16-24)25(18-19-9-13-23-14-10-19)22(26)8-5-17-27-21-6-3-2-4-7-21/h2-4,6-7,9-10,13-14,20H,5,8,11-12,15-18H2,1H3. The van der Waals surface area contributed by atoms with Gasteiger partial charge in [-0.3, -0.25) is 9.78 Å². The molecule has 0 atom stereocenters. The van der Waals surface area contributed by atoms with E-state index in [4.69, 9.17) is 4.74 Å². The van der Waals surface area contributed by atoms with E-state index in [1.165, 1.54) is 0 Å². The Kier molecular flexibility index (Phi) is 7.22. The van der Waals surface area contributed by atoms with Crippen molar-refractivity contribution in [3.63, 3.8) is 0 Å². The molecule has 1 fully saturated rings. The van der Waals surface area contributed by atoms with Gasteiger partial charge in [0.1, 0.15) is 5.75 Å². The van der Waals surface area contributed by atoms with Gasteiger partial charge in [0, 0.05) is 31.4 Å². The van der Waals surface area contributed by atoms with Crippen LogP contribution in [0, 0.1) is 0 Å². The molecule has 1 aliphatic heterocycles. The normalized spacial score (nSPS) is 15.4. The SMILES string of the molecule is CN1CCC(N(Cc2ccncc2)C(=O)CCCOc2ccccc2)CC1. The van der Waals surface area contributed by atoms with Crippen molar-refractivity contribution in [1.29, 1.82) is 0 Å². The van der Waals surface area contributed by atoms with Crippen LogP contribution < -0.4 is 4.74 Å². The molecule has 0 N–H and O–H groups in total. The number of pyridine rings is 1. The number of likely N-dealkylation sites (tertiary alicyclic amines) is 1. The molecule has 5 nitrogen and oxygen atoms in total. The highest BCUT2D eigenvalue weighted by atomic mass is 16.5. The highest BCUT2D eigenvalue weighted by Gasteiger charge is 2.26. The van der Waals surface area contributed by atoms with Crippen LogP contribution in [0.2, 0.25) is 0 Å². The Morgan fingerprint density at radius 2 is 1.85 bits per heavy atom. The number of hydrogen-bond donors (Lipinski definition) is 0. The number of amides is 1. The van der Waals surface area contributed by atoms with Crippen LogP contribution in [0.3, 0.4) is 0 Å². The fourth-order valence-electron chi connectivity index (χ4n) is 3.49. The first-order valence-electron chi connectivity index (χ1n) is 9.77. The second kappa shape index (κ2) is 10.1. The van der Waals surface area contributed by atoms with Gasteiger partial charge in [0.05, 0.1) is 6.61 Å². The van der Waals surface area contributed by atoms with Gasteiger partial charge in [-0.25, -0.2) is 0 Å². The van der Waals surface area contributed by atoms with Gasteiger partial charge >= 0.3 is 0 Å². The fraction of sp³-hybridized carbons (Fsp3) is 0.455. The van der Waals surface area contributed by atoms with Gasteiger partial charge in [-0.1, -0.05) is 18.2 Å². The van der Waals surface area contributed by atoms with Gasteiger partial charge in [0.2, 0.25) is 5.91 Å². The molecule has 1 amide bonds. The summed E-state index contributed by atoms with van der Waals surface area (Å²) in [7, 11) is 2.15. The highest BCUT2D eigenvalue weighted by Crippen LogP contribution is 2.20. The molecule has 27 heavy (non-hydrogen) atoms. The first-order chi connectivity index (χ1) is 13.2. The smallest absolute Gasteiger partial charge is 0.223 e. The average Bonchev–Trinajstić information content (AvgIpc) is 2.72. The van der Waals surface area contributed by atoms with E-state index in [0.717, 1.165) is 43.7 Å². The zero-order valence-corrected chi connectivity index (χ0v) is 16.1. The third-order valence-electron chi connectivity index (χ3n) is 5.10. The third kappa shape index (κ3) is 6.07. The third-order valence-corrected chi connectivity index (χ3v) is 5.10. The molecule has 0 saturated carbocycles. The van der Waals surface area contributed by atoms with Crippen LogP contribution in [-0.4, -0.2) is 53.5 Å². The summed E-state index contributed by atoms with van der Waals surface area (Å²) in [6.07, 6.45) is 6.90. The van der Waals surface area contributed by atoms with Crippen molar-refractivity contribution >= 4 is 5.91 Å². The zero-order valence-electron chi connectivity index (χ0n) is 16.1. The van der Waals surface area contributed by atoms with E-state index in [-0.39, 0.29) is 5.91 Å². The van der Waals surface area contributed by atoms with Crippen molar-refractivity contribution < 1.29 is 9.53 Å². The van der Waals surface area contributed by atoms with E-state index >= 15 is 0 Å². The van der Waals surface area contributed by atoms with Crippen molar-refractivity contribution in [3.05, 3.63) is 60.4 Å². The lowest BCUT2D eigenvalue weighted by Crippen LogP contribution is -2.46. The fourth-order valence-corrected chi connectivity index (χ4v) is 3.49. The largest absolute Gasteiger partial charge is 0.494 e. The molecule has 1 aromatic carbocycles. The number of carbonyl (C=O) groups excluding carboxylic acids is 1. The Bertz CT molecular complexity index is 685. The summed E-state index contributed by atoms with van der Waals surface area (Å²) in [5.74, 6) is 1.08. The molecule has 0 unspecified atom stereocenters. The molecule has 2 heterocycles. The molecule has 1 aliphatic rings. The van der Waals surface area contributed by atoms with Gasteiger partial charge in [-0.2, -0.15) is 0 Å². The van der Waals surface area contributed by atoms with Crippen molar-refractivity contribution in [2.45, 2.75) is 38.3 Å². The molecular formula is C22H29N3O2. The Morgan fingerprint density at radius 3 is 2.56 bits per heavy atom. The number of piperidine rings is 1. The molecule has 5 heteroatoms. The van der Waals surface area contributed by atoms with Crippen LogP contribution in [0.4, 0.5) is 0 Å². The molecule has 2 aromatic rings. The number of ether oxygens (including phenoxy) is 1. The Hall–Kier alpha value is -2.40. The lowest BCUT2D eigenvalue weighted by molar-refractivity contribution is -0.135. The summed E-state index contributed by atoms with van der Waals surface area (Å²) < 4.78 is 5.73. The van der Waals surface area contributed by atoms with Crippen molar-refractivity contribution in [2.24, 2.45) is 0 Å². The summed E-state index contributed by atoms with van der Waals surface area (Å²) >= 11 is 0. The zero-order chi connectivity index (χ0) is 18.9. The molecule has 0 spiro atoms. The predicted molar refractivity (Wildman–Crippen MR) is 106 cm³/mol. The van der Waals surface area contributed by atoms with E-state index < -0.39 is 0 Å². The number of para-hydroxylation sites is 1. The Morgan fingerprint density at radius 1 is 1.15 bits per heavy atom. The van der Waals surface area contributed by atoms with Crippen LogP contribution in [-0.2, 0) is 11.3 Å². The second-order valence-corrected chi connectivity index (χ2v) is 7.18. The molecule has 1 aromatic heterocycles. The van der Waals surface area contributed by atoms with Gasteiger partial charge in [-0.15, -0.1) is 0 Å². The first kappa shape index (κ1) is 19.4. The van der Waals surface area contributed by atoms with E-state index in [1.807, 2.05) is 42.5 Å². The average molecular weight is 367 g/mol. The van der Waals surface area contributed by atoms with Crippen molar-refractivity contribution in [2.75, 3.05) is 26.7 Å². The summed E-state index contributed by atoms with van der Waals surface area (Å²) in [6, 6.07) is 14.1. The van der Waals surface area contributed by atoms with Crippen LogP contribution in [0.5, 0.6) is 5.75 Å². The summed E-state index contributed by atoms with van der Waals surface area (Å²) in [6.45, 7) is 3.31. The maximum Gasteiger partial charge on any atom is 0.223 e. The van der Waals surface area contributed by atoms with Crippen LogP contribution in [0.1, 0.15) is 31.2 Å². The number of benzene rings is 1. The van der Waals surface area contributed by atoms with Crippen molar-refractivity contribution in [1.82, 2.24) is 14.8 Å². The number of hydrogen-bond acceptors (Lipinski definition) is 4. The second-order valence-electron chi connectivity index (χ2n) is 7.18. The van der Waals surface area contributed by atoms with E-state index in [2.05, 4.69) is 21.8 Å². The minimum atomic E-state index is 0.220. The number of carbonyl (C=O) groups is 1. The maximum atomic E-state index is 13.0. The van der Waals surface area contributed by atoms with E-state index in [1.54, 1.807) is 12.4 Å². The maximum absolute atomic E-state index is 13.0. The number of nitrogens with zero attached hydrogens (tertiary/aromatic N) is 3. The summed E-state index contributed by atoms with van der Waals surface area (Å²) in [5, 5.41) is 0. The number of rotatable bonds is 8. The minimum absolute atomic E-state index is 0.220. The Labute approximate surface area is 162 Å². The first-order valence-corrected chi connectivity index (χ1v) is 9.77. The van der Waals surface area contributed by atoms with Crippen LogP contribution >= 0.6 is 0 Å². The van der Waals surface area contributed by atoms with Gasteiger partial charge in [0.15, 0.2) is 0 Å². The Balaban J connectivity index is 1.54. The van der Waals surface area contributed by atoms with Gasteiger partial charge in [0.25, 0.3) is 0 Å². The van der Waals surface area contributed by atoms with Crippen LogP contribution in [0.15, 0.2) is 54.9 Å². The molecule has 3 rings (SSSR count). The molecular weight excluding hydrogens is 338 g/mol. The molecule has 0 radical (unpaired) electrons. The van der Waals surface area contributed by atoms with Gasteiger partial charge < -0.3 is 14.5 Å². The van der Waals surface area contributed by atoms with Crippen LogP contribution in [0.25, 0.3) is 0 Å². The summed E-state index contributed by atoms with van der Waals surface area (Å²) in [4.78, 5) is 21.5. The molecule has 0 bridgehead atoms. The van der Waals surface area contributed by atoms with Gasteiger partial charge in [-0.05, 0) is 69.2 Å². The minimum Gasteiger partial charge on any atom is -0.494 e. The monoisotopic (exact) mass is 367 g/mol. The molecule has 1 saturated heterocycles. The lowest BCUT2D eigenvalue weighted by Gasteiger charge is -2.37. The lowest BCUT2D eigenvalue weighted by atomic mass is 10.0. The van der Waals surface area contributed by atoms with E-state index in [9.17, 15) is 4.79 Å². The highest BCUT2D eigenvalue weighted by molar-refractivity contribution is 5.76. The van der Waals surface area contributed by atoms with E-state index in [0.29, 0.717) is 25.6 Å².